The Morgan fingerprint density at radius 1 is 0.971 bits per heavy atom. The van der Waals surface area contributed by atoms with Crippen LogP contribution in [0.3, 0.4) is 0 Å². The molecule has 11 nitrogen and oxygen atoms in total. The van der Waals surface area contributed by atoms with E-state index in [0.29, 0.717) is 47.3 Å². The number of rotatable bonds is 8. The fraction of sp³-hybridized carbons (Fsp3) is 0.208. The number of pyridine rings is 2. The van der Waals surface area contributed by atoms with E-state index in [9.17, 15) is 4.79 Å². The van der Waals surface area contributed by atoms with Crippen LogP contribution in [0.5, 0.6) is 0 Å². The second-order valence-electron chi connectivity index (χ2n) is 8.00. The quantitative estimate of drug-likeness (QED) is 0.328. The van der Waals surface area contributed by atoms with Crippen molar-refractivity contribution >= 4 is 29.2 Å². The number of aromatic nitrogens is 6. The lowest BCUT2D eigenvalue weighted by Gasteiger charge is -2.26. The average Bonchev–Trinajstić information content (AvgIpc) is 2.84. The minimum atomic E-state index is -0.459. The van der Waals surface area contributed by atoms with Gasteiger partial charge in [-0.25, -0.2) is 29.7 Å². The van der Waals surface area contributed by atoms with Gasteiger partial charge in [-0.05, 0) is 43.3 Å². The molecule has 4 aromatic heterocycles. The molecule has 1 saturated heterocycles. The zero-order valence-electron chi connectivity index (χ0n) is 19.0. The first-order chi connectivity index (χ1) is 17.1. The van der Waals surface area contributed by atoms with Crippen LogP contribution in [-0.4, -0.2) is 55.6 Å². The Kier molecular flexibility index (Phi) is 6.48. The van der Waals surface area contributed by atoms with Crippen molar-refractivity contribution in [2.45, 2.75) is 6.92 Å². The summed E-state index contributed by atoms with van der Waals surface area (Å²) in [6, 6.07) is 12.5. The predicted molar refractivity (Wildman–Crippen MR) is 129 cm³/mol. The monoisotopic (exact) mass is 469 g/mol. The number of ether oxygens (including phenoxy) is 1. The Hall–Kier alpha value is -4.51. The lowest BCUT2D eigenvalue weighted by Crippen LogP contribution is -2.44. The summed E-state index contributed by atoms with van der Waals surface area (Å²) in [5.74, 6) is 1.86. The molecule has 11 heteroatoms. The molecule has 1 aliphatic rings. The van der Waals surface area contributed by atoms with Crippen LogP contribution in [0.4, 0.5) is 23.3 Å². The first kappa shape index (κ1) is 22.3. The molecule has 3 N–H and O–H groups in total. The first-order valence-electron chi connectivity index (χ1n) is 11.1. The van der Waals surface area contributed by atoms with Crippen molar-refractivity contribution in [3.05, 3.63) is 72.4 Å². The summed E-state index contributed by atoms with van der Waals surface area (Å²) in [4.78, 5) is 38.5. The van der Waals surface area contributed by atoms with Crippen LogP contribution in [0.15, 0.2) is 61.1 Å². The molecule has 0 atom stereocenters. The van der Waals surface area contributed by atoms with E-state index in [4.69, 9.17) is 4.74 Å². The summed E-state index contributed by atoms with van der Waals surface area (Å²) >= 11 is 0. The maximum Gasteiger partial charge on any atom is 0.357 e. The van der Waals surface area contributed by atoms with Crippen molar-refractivity contribution in [3.8, 4) is 11.5 Å². The Morgan fingerprint density at radius 3 is 2.57 bits per heavy atom. The minimum Gasteiger partial charge on any atom is -0.461 e. The van der Waals surface area contributed by atoms with Crippen molar-refractivity contribution < 1.29 is 9.53 Å². The molecule has 4 aromatic rings. The fourth-order valence-corrected chi connectivity index (χ4v) is 3.32. The van der Waals surface area contributed by atoms with Gasteiger partial charge in [0.05, 0.1) is 6.61 Å². The number of anilines is 4. The lowest BCUT2D eigenvalue weighted by atomic mass is 10.1. The first-order valence-corrected chi connectivity index (χ1v) is 11.1. The highest BCUT2D eigenvalue weighted by Gasteiger charge is 2.19. The third kappa shape index (κ3) is 5.71. The third-order valence-corrected chi connectivity index (χ3v) is 5.23. The van der Waals surface area contributed by atoms with E-state index in [-0.39, 0.29) is 5.69 Å². The van der Waals surface area contributed by atoms with E-state index < -0.39 is 5.97 Å². The molecule has 0 aromatic carbocycles. The SMILES string of the molecule is Cc1cccc(-c2nccc(Nc3ccnc(Nc4ccnc(C(=O)OCC5CNC5)c4)n3)n2)n1. The van der Waals surface area contributed by atoms with Gasteiger partial charge in [-0.1, -0.05) is 6.07 Å². The summed E-state index contributed by atoms with van der Waals surface area (Å²) in [5, 5.41) is 9.40. The van der Waals surface area contributed by atoms with Gasteiger partial charge in [0, 0.05) is 49.0 Å². The number of hydrogen-bond donors (Lipinski definition) is 3. The van der Waals surface area contributed by atoms with E-state index in [1.54, 1.807) is 36.7 Å². The molecule has 0 aliphatic carbocycles. The molecule has 176 valence electrons. The van der Waals surface area contributed by atoms with Crippen molar-refractivity contribution in [1.82, 2.24) is 35.2 Å². The average molecular weight is 470 g/mol. The molecule has 5 rings (SSSR count). The number of esters is 1. The molecular weight excluding hydrogens is 446 g/mol. The molecule has 1 fully saturated rings. The van der Waals surface area contributed by atoms with E-state index in [0.717, 1.165) is 18.8 Å². The van der Waals surface area contributed by atoms with Gasteiger partial charge in [-0.15, -0.1) is 0 Å². The molecule has 0 saturated carbocycles. The minimum absolute atomic E-state index is 0.217. The molecule has 5 heterocycles. The van der Waals surface area contributed by atoms with E-state index in [1.807, 2.05) is 25.1 Å². The van der Waals surface area contributed by atoms with Crippen LogP contribution in [0.2, 0.25) is 0 Å². The van der Waals surface area contributed by atoms with Crippen molar-refractivity contribution in [3.63, 3.8) is 0 Å². The molecule has 0 radical (unpaired) electrons. The molecule has 35 heavy (non-hydrogen) atoms. The van der Waals surface area contributed by atoms with Crippen molar-refractivity contribution in [2.75, 3.05) is 30.3 Å². The lowest BCUT2D eigenvalue weighted by molar-refractivity contribution is 0.0391. The third-order valence-electron chi connectivity index (χ3n) is 5.23. The molecule has 0 unspecified atom stereocenters. The normalized spacial score (nSPS) is 13.1. The van der Waals surface area contributed by atoms with Gasteiger partial charge in [0.25, 0.3) is 0 Å². The van der Waals surface area contributed by atoms with Crippen LogP contribution in [-0.2, 0) is 4.74 Å². The molecule has 0 spiro atoms. The van der Waals surface area contributed by atoms with E-state index in [2.05, 4.69) is 45.9 Å². The van der Waals surface area contributed by atoms with Crippen LogP contribution >= 0.6 is 0 Å². The zero-order chi connectivity index (χ0) is 24.0. The van der Waals surface area contributed by atoms with Gasteiger partial charge < -0.3 is 20.7 Å². The highest BCUT2D eigenvalue weighted by atomic mass is 16.5. The smallest absolute Gasteiger partial charge is 0.357 e. The number of nitrogens with zero attached hydrogens (tertiary/aromatic N) is 6. The second-order valence-corrected chi connectivity index (χ2v) is 8.00. The standard InChI is InChI=1S/C24H23N9O2/c1-15-3-2-4-18(29-15)22-27-9-6-20(32-22)31-21-7-10-28-24(33-21)30-17-5-8-26-19(11-17)23(34)35-14-16-12-25-13-16/h2-11,16,25H,12-14H2,1H3,(H2,26,27,28,30,31,32,33). The highest BCUT2D eigenvalue weighted by Crippen LogP contribution is 2.19. The molecular formula is C24H23N9O2. The predicted octanol–water partition coefficient (Wildman–Crippen LogP) is 2.90. The van der Waals surface area contributed by atoms with E-state index in [1.165, 1.54) is 6.20 Å². The van der Waals surface area contributed by atoms with E-state index >= 15 is 0 Å². The highest BCUT2D eigenvalue weighted by molar-refractivity contribution is 5.88. The van der Waals surface area contributed by atoms with Gasteiger partial charge in [0.15, 0.2) is 5.82 Å². The number of hydrogen-bond acceptors (Lipinski definition) is 11. The van der Waals surface area contributed by atoms with Crippen molar-refractivity contribution in [2.24, 2.45) is 5.92 Å². The zero-order valence-corrected chi connectivity index (χ0v) is 19.0. The maximum atomic E-state index is 12.3. The second kappa shape index (κ2) is 10.2. The summed E-state index contributed by atoms with van der Waals surface area (Å²) in [7, 11) is 0. The van der Waals surface area contributed by atoms with Gasteiger partial charge in [-0.2, -0.15) is 4.98 Å². The summed E-state index contributed by atoms with van der Waals surface area (Å²) in [6.45, 7) is 4.03. The maximum absolute atomic E-state index is 12.3. The van der Waals surface area contributed by atoms with Crippen LogP contribution in [0.1, 0.15) is 16.2 Å². The number of carbonyl (C=O) groups is 1. The van der Waals surface area contributed by atoms with Gasteiger partial charge in [0.2, 0.25) is 5.95 Å². The number of carbonyl (C=O) groups excluding carboxylic acids is 1. The topological polar surface area (TPSA) is 140 Å². The van der Waals surface area contributed by atoms with Crippen molar-refractivity contribution in [1.29, 1.82) is 0 Å². The Morgan fingerprint density at radius 2 is 1.77 bits per heavy atom. The molecule has 0 amide bonds. The largest absolute Gasteiger partial charge is 0.461 e. The fourth-order valence-electron chi connectivity index (χ4n) is 3.32. The van der Waals surface area contributed by atoms with Gasteiger partial charge in [0.1, 0.15) is 23.0 Å². The number of nitrogens with one attached hydrogen (secondary N) is 3. The molecule has 1 aliphatic heterocycles. The van der Waals surface area contributed by atoms with Gasteiger partial charge >= 0.3 is 5.97 Å². The Balaban J connectivity index is 1.26. The summed E-state index contributed by atoms with van der Waals surface area (Å²) < 4.78 is 5.34. The Labute approximate surface area is 201 Å². The van der Waals surface area contributed by atoms with Crippen LogP contribution < -0.4 is 16.0 Å². The summed E-state index contributed by atoms with van der Waals surface area (Å²) in [5.41, 5.74) is 2.41. The number of aryl methyl sites for hydroxylation is 1. The van der Waals surface area contributed by atoms with Crippen LogP contribution in [0.25, 0.3) is 11.5 Å². The Bertz CT molecular complexity index is 1340. The van der Waals surface area contributed by atoms with Gasteiger partial charge in [-0.3, -0.25) is 0 Å². The summed E-state index contributed by atoms with van der Waals surface area (Å²) in [6.07, 6.45) is 4.81. The molecule has 0 bridgehead atoms. The van der Waals surface area contributed by atoms with Crippen LogP contribution in [0, 0.1) is 12.8 Å².